The maximum Gasteiger partial charge on any atom is 0.209 e. The fourth-order valence-corrected chi connectivity index (χ4v) is 3.78. The van der Waals surface area contributed by atoms with Gasteiger partial charge in [0.2, 0.25) is 5.16 Å². The summed E-state index contributed by atoms with van der Waals surface area (Å²) in [5.41, 5.74) is 0.932. The van der Waals surface area contributed by atoms with Crippen molar-refractivity contribution in [2.24, 2.45) is 0 Å². The fourth-order valence-electron chi connectivity index (χ4n) is 2.34. The minimum absolute atomic E-state index is 0.402. The van der Waals surface area contributed by atoms with Crippen molar-refractivity contribution in [2.75, 3.05) is 0 Å². The van der Waals surface area contributed by atoms with Gasteiger partial charge in [-0.2, -0.15) is 0 Å². The number of nitrogens with zero attached hydrogens (tertiary/aromatic N) is 5. The van der Waals surface area contributed by atoms with Gasteiger partial charge in [-0.25, -0.2) is 9.67 Å². The first-order valence-electron chi connectivity index (χ1n) is 6.44. The van der Waals surface area contributed by atoms with Crippen LogP contribution >= 0.6 is 35.0 Å². The number of halogens is 2. The van der Waals surface area contributed by atoms with Crippen LogP contribution in [0.4, 0.5) is 0 Å². The molecule has 2 heterocycles. The predicted octanol–water partition coefficient (Wildman–Crippen LogP) is 3.78. The third kappa shape index (κ3) is 3.07. The molecule has 0 aliphatic heterocycles. The molecule has 1 aliphatic carbocycles. The largest absolute Gasteiger partial charge is 0.244 e. The van der Waals surface area contributed by atoms with Crippen LogP contribution in [-0.2, 0) is 5.75 Å². The van der Waals surface area contributed by atoms with E-state index in [0.717, 1.165) is 23.6 Å². The molecule has 1 saturated carbocycles. The summed E-state index contributed by atoms with van der Waals surface area (Å²) in [6.07, 6.45) is 6.51. The Kier molecular flexibility index (Phi) is 4.43. The topological polar surface area (TPSA) is 56.5 Å². The first-order chi connectivity index (χ1) is 9.74. The van der Waals surface area contributed by atoms with E-state index in [0.29, 0.717) is 22.0 Å². The molecule has 5 nitrogen and oxygen atoms in total. The lowest BCUT2D eigenvalue weighted by Gasteiger charge is -2.10. The summed E-state index contributed by atoms with van der Waals surface area (Å²) in [5, 5.41) is 13.9. The molecule has 0 radical (unpaired) electrons. The first-order valence-corrected chi connectivity index (χ1v) is 8.19. The van der Waals surface area contributed by atoms with E-state index < -0.39 is 0 Å². The lowest BCUT2D eigenvalue weighted by molar-refractivity contribution is 0.423. The van der Waals surface area contributed by atoms with Crippen molar-refractivity contribution in [3.63, 3.8) is 0 Å². The lowest BCUT2D eigenvalue weighted by Crippen LogP contribution is -2.08. The maximum absolute atomic E-state index is 6.14. The van der Waals surface area contributed by atoms with Gasteiger partial charge in [-0.15, -0.1) is 5.10 Å². The summed E-state index contributed by atoms with van der Waals surface area (Å²) >= 11 is 13.5. The zero-order valence-corrected chi connectivity index (χ0v) is 13.0. The van der Waals surface area contributed by atoms with E-state index >= 15 is 0 Å². The van der Waals surface area contributed by atoms with Crippen LogP contribution in [-0.4, -0.2) is 25.2 Å². The average Bonchev–Trinajstić information content (AvgIpc) is 3.08. The van der Waals surface area contributed by atoms with Crippen molar-refractivity contribution >= 4 is 35.0 Å². The summed E-state index contributed by atoms with van der Waals surface area (Å²) in [4.78, 5) is 4.05. The average molecular weight is 330 g/mol. The Bertz CT molecular complexity index is 597. The highest BCUT2D eigenvalue weighted by Gasteiger charge is 2.21. The van der Waals surface area contributed by atoms with Gasteiger partial charge in [0.15, 0.2) is 0 Å². The van der Waals surface area contributed by atoms with Gasteiger partial charge in [-0.3, -0.25) is 0 Å². The van der Waals surface area contributed by atoms with Gasteiger partial charge >= 0.3 is 0 Å². The molecule has 0 bridgehead atoms. The number of tetrazole rings is 1. The number of pyridine rings is 1. The zero-order valence-electron chi connectivity index (χ0n) is 10.7. The van der Waals surface area contributed by atoms with Crippen LogP contribution in [0, 0.1) is 0 Å². The summed E-state index contributed by atoms with van der Waals surface area (Å²) in [6.45, 7) is 0. The van der Waals surface area contributed by atoms with Crippen molar-refractivity contribution < 1.29 is 0 Å². The van der Waals surface area contributed by atoms with Crippen LogP contribution in [0.25, 0.3) is 0 Å². The Morgan fingerprint density at radius 2 is 2.10 bits per heavy atom. The molecule has 2 aromatic rings. The normalized spacial score (nSPS) is 15.9. The first kappa shape index (κ1) is 14.1. The van der Waals surface area contributed by atoms with Crippen molar-refractivity contribution in [1.82, 2.24) is 25.2 Å². The second kappa shape index (κ2) is 6.28. The second-order valence-electron chi connectivity index (χ2n) is 4.73. The monoisotopic (exact) mass is 329 g/mol. The molecule has 0 spiro atoms. The molecule has 3 rings (SSSR count). The fraction of sp³-hybridized carbons (Fsp3) is 0.500. The predicted molar refractivity (Wildman–Crippen MR) is 79.1 cm³/mol. The number of hydrogen-bond acceptors (Lipinski definition) is 5. The molecule has 20 heavy (non-hydrogen) atoms. The molecule has 0 saturated heterocycles. The summed E-state index contributed by atoms with van der Waals surface area (Å²) in [5.74, 6) is 0.677. The van der Waals surface area contributed by atoms with Gasteiger partial charge in [-0.1, -0.05) is 47.8 Å². The van der Waals surface area contributed by atoms with Crippen molar-refractivity contribution in [3.05, 3.63) is 28.0 Å². The zero-order chi connectivity index (χ0) is 13.9. The number of aromatic nitrogens is 5. The van der Waals surface area contributed by atoms with Gasteiger partial charge in [0.05, 0.1) is 6.04 Å². The molecular weight excluding hydrogens is 317 g/mol. The Balaban J connectivity index is 1.70. The Hall–Kier alpha value is -0.850. The van der Waals surface area contributed by atoms with E-state index in [1.165, 1.54) is 12.8 Å². The minimum atomic E-state index is 0.402. The van der Waals surface area contributed by atoms with Gasteiger partial charge in [0.25, 0.3) is 0 Å². The van der Waals surface area contributed by atoms with Crippen LogP contribution in [0.3, 0.4) is 0 Å². The van der Waals surface area contributed by atoms with Crippen molar-refractivity contribution in [2.45, 2.75) is 42.6 Å². The number of thioether (sulfide) groups is 1. The molecular formula is C12H13Cl2N5S. The van der Waals surface area contributed by atoms with E-state index in [1.807, 2.05) is 4.68 Å². The Morgan fingerprint density at radius 1 is 1.30 bits per heavy atom. The van der Waals surface area contributed by atoms with Crippen LogP contribution in [0.15, 0.2) is 17.4 Å². The van der Waals surface area contributed by atoms with Gasteiger partial charge < -0.3 is 0 Å². The molecule has 2 aromatic heterocycles. The van der Waals surface area contributed by atoms with Crippen LogP contribution < -0.4 is 0 Å². The smallest absolute Gasteiger partial charge is 0.209 e. The van der Waals surface area contributed by atoms with Gasteiger partial charge in [0.1, 0.15) is 5.15 Å². The molecule has 0 N–H and O–H groups in total. The van der Waals surface area contributed by atoms with E-state index in [4.69, 9.17) is 23.2 Å². The maximum atomic E-state index is 6.14. The summed E-state index contributed by atoms with van der Waals surface area (Å²) < 4.78 is 1.94. The number of rotatable bonds is 4. The molecule has 0 atom stereocenters. The van der Waals surface area contributed by atoms with Gasteiger partial charge in [-0.05, 0) is 34.9 Å². The lowest BCUT2D eigenvalue weighted by atomic mass is 10.3. The van der Waals surface area contributed by atoms with Crippen LogP contribution in [0.1, 0.15) is 37.3 Å². The van der Waals surface area contributed by atoms with Crippen molar-refractivity contribution in [1.29, 1.82) is 0 Å². The molecule has 8 heteroatoms. The highest BCUT2D eigenvalue weighted by molar-refractivity contribution is 7.98. The number of hydrogen-bond donors (Lipinski definition) is 0. The van der Waals surface area contributed by atoms with E-state index in [9.17, 15) is 0 Å². The molecule has 0 aromatic carbocycles. The van der Waals surface area contributed by atoms with Crippen molar-refractivity contribution in [3.8, 4) is 0 Å². The molecule has 1 fully saturated rings. The third-order valence-corrected chi connectivity index (χ3v) is 4.93. The van der Waals surface area contributed by atoms with Gasteiger partial charge in [0, 0.05) is 17.0 Å². The molecule has 1 aliphatic rings. The van der Waals surface area contributed by atoms with E-state index in [1.54, 1.807) is 24.0 Å². The third-order valence-electron chi connectivity index (χ3n) is 3.39. The molecule has 0 amide bonds. The minimum Gasteiger partial charge on any atom is -0.244 e. The summed E-state index contributed by atoms with van der Waals surface area (Å²) in [7, 11) is 0. The Labute approximate surface area is 131 Å². The van der Waals surface area contributed by atoms with Crippen LogP contribution in [0.2, 0.25) is 10.2 Å². The standard InChI is InChI=1S/C12H13Cl2N5S/c13-10-5-11(14)15-6-8(10)7-20-12-16-17-18-19(12)9-3-1-2-4-9/h5-6,9H,1-4,7H2. The quantitative estimate of drug-likeness (QED) is 0.631. The molecule has 106 valence electrons. The summed E-state index contributed by atoms with van der Waals surface area (Å²) in [6, 6.07) is 2.09. The second-order valence-corrected chi connectivity index (χ2v) is 6.47. The highest BCUT2D eigenvalue weighted by atomic mass is 35.5. The SMILES string of the molecule is Clc1cc(Cl)c(CSc2nnnn2C2CCCC2)cn1. The molecule has 0 unspecified atom stereocenters. The van der Waals surface area contributed by atoms with E-state index in [-0.39, 0.29) is 0 Å². The Morgan fingerprint density at radius 3 is 2.85 bits per heavy atom. The van der Waals surface area contributed by atoms with Crippen LogP contribution in [0.5, 0.6) is 0 Å². The highest BCUT2D eigenvalue weighted by Crippen LogP contribution is 2.33. The van der Waals surface area contributed by atoms with E-state index in [2.05, 4.69) is 20.5 Å².